The van der Waals surface area contributed by atoms with Crippen LogP contribution in [0.3, 0.4) is 0 Å². The Morgan fingerprint density at radius 2 is 0.364 bits per heavy atom. The Labute approximate surface area is 279 Å². The minimum absolute atomic E-state index is 0.862. The molecule has 0 radical (unpaired) electrons. The van der Waals surface area contributed by atoms with E-state index in [1.807, 2.05) is 0 Å². The summed E-state index contributed by atoms with van der Waals surface area (Å²) in [6.45, 7) is 12.5. The van der Waals surface area contributed by atoms with Crippen LogP contribution >= 0.6 is 0 Å². The molecule has 0 aromatic rings. The summed E-state index contributed by atoms with van der Waals surface area (Å²) >= 11 is 0. The fourth-order valence-corrected chi connectivity index (χ4v) is 5.94. The van der Waals surface area contributed by atoms with Crippen LogP contribution in [0.25, 0.3) is 0 Å². The summed E-state index contributed by atoms with van der Waals surface area (Å²) in [5, 5.41) is 22.7. The van der Waals surface area contributed by atoms with E-state index < -0.39 is 0 Å². The molecule has 2 N–H and O–H groups in total. The van der Waals surface area contributed by atoms with Crippen LogP contribution in [0.1, 0.15) is 233 Å². The third-order valence-corrected chi connectivity index (χ3v) is 9.08. The third kappa shape index (κ3) is 44.0. The molecule has 0 aliphatic heterocycles. The minimum atomic E-state index is 0.862. The molecule has 0 aliphatic rings. The van der Waals surface area contributed by atoms with E-state index in [0.29, 0.717) is 0 Å². The maximum atomic E-state index is 9.93. The van der Waals surface area contributed by atoms with Gasteiger partial charge < -0.3 is 10.4 Å². The van der Waals surface area contributed by atoms with Gasteiger partial charge in [0.15, 0.2) is 0 Å². The van der Waals surface area contributed by atoms with Gasteiger partial charge in [0.05, 0.1) is 0 Å². The van der Waals surface area contributed by atoms with Crippen LogP contribution in [0.4, 0.5) is 0 Å². The molecule has 0 atom stereocenters. The molecule has 0 aromatic carbocycles. The van der Waals surface area contributed by atoms with Crippen LogP contribution in [0, 0.1) is 0 Å². The molecule has 0 heterocycles. The Hall–Kier alpha value is -0.160. The van der Waals surface area contributed by atoms with Gasteiger partial charge >= 0.3 is 0 Å². The summed E-state index contributed by atoms with van der Waals surface area (Å²) in [5.74, 6) is 0. The van der Waals surface area contributed by atoms with E-state index in [9.17, 15) is 10.4 Å². The molecular formula is C40H86N2O2. The topological polar surface area (TPSA) is 46.9 Å². The first-order chi connectivity index (χ1) is 21.6. The molecule has 0 saturated heterocycles. The van der Waals surface area contributed by atoms with Gasteiger partial charge in [0.1, 0.15) is 0 Å². The van der Waals surface area contributed by atoms with Gasteiger partial charge in [-0.3, -0.25) is 0 Å². The second-order valence-corrected chi connectivity index (χ2v) is 13.8. The van der Waals surface area contributed by atoms with Gasteiger partial charge in [-0.1, -0.05) is 207 Å². The van der Waals surface area contributed by atoms with Gasteiger partial charge in [-0.25, -0.2) is 0 Å². The lowest BCUT2D eigenvalue weighted by Crippen LogP contribution is -2.21. The Morgan fingerprint density at radius 3 is 0.523 bits per heavy atom. The predicted molar refractivity (Wildman–Crippen MR) is 197 cm³/mol. The van der Waals surface area contributed by atoms with Crippen molar-refractivity contribution in [2.24, 2.45) is 0 Å². The van der Waals surface area contributed by atoms with Gasteiger partial charge in [-0.2, -0.15) is 10.1 Å². The second kappa shape index (κ2) is 42.8. The maximum Gasteiger partial charge on any atom is 0.0238 e. The molecule has 0 aromatic heterocycles. The molecule has 0 amide bonds. The highest BCUT2D eigenvalue weighted by atomic mass is 16.5. The molecule has 0 spiro atoms. The van der Waals surface area contributed by atoms with Crippen LogP contribution in [0.5, 0.6) is 0 Å². The van der Waals surface area contributed by atoms with Crippen molar-refractivity contribution in [3.05, 3.63) is 0 Å². The Bertz CT molecular complexity index is 436. The first-order valence-corrected chi connectivity index (χ1v) is 20.5. The monoisotopic (exact) mass is 627 g/mol. The highest BCUT2D eigenvalue weighted by molar-refractivity contribution is 4.53. The molecule has 44 heavy (non-hydrogen) atoms. The van der Waals surface area contributed by atoms with Crippen molar-refractivity contribution in [1.82, 2.24) is 10.1 Å². The van der Waals surface area contributed by atoms with E-state index in [0.717, 1.165) is 51.9 Å². The Morgan fingerprint density at radius 1 is 0.227 bits per heavy atom. The molecule has 268 valence electrons. The van der Waals surface area contributed by atoms with Crippen molar-refractivity contribution in [2.45, 2.75) is 233 Å². The fourth-order valence-electron chi connectivity index (χ4n) is 5.94. The van der Waals surface area contributed by atoms with Gasteiger partial charge in [0, 0.05) is 26.2 Å². The average Bonchev–Trinajstić information content (AvgIpc) is 3.02. The van der Waals surface area contributed by atoms with Gasteiger partial charge in [-0.05, 0) is 25.7 Å². The lowest BCUT2D eigenvalue weighted by molar-refractivity contribution is -0.0926. The minimum Gasteiger partial charge on any atom is -0.314 e. The van der Waals surface area contributed by atoms with Gasteiger partial charge in [0.2, 0.25) is 0 Å². The standard InChI is InChI=1S/C24H51NO.C16H35NO/c1-3-5-7-9-11-13-15-17-19-21-23-25(26)24-22-20-18-16-14-12-10-8-6-4-2;1-3-5-7-9-11-13-15-17(18)16-14-12-10-8-6-4-2/h26H,3-24H2,1-2H3;18H,3-16H2,1-2H3. The van der Waals surface area contributed by atoms with E-state index >= 15 is 0 Å². The van der Waals surface area contributed by atoms with Crippen LogP contribution in [-0.4, -0.2) is 46.7 Å². The first kappa shape index (κ1) is 46.0. The van der Waals surface area contributed by atoms with E-state index in [-0.39, 0.29) is 0 Å². The average molecular weight is 627 g/mol. The lowest BCUT2D eigenvalue weighted by atomic mass is 10.1. The zero-order valence-electron chi connectivity index (χ0n) is 31.2. The molecule has 4 nitrogen and oxygen atoms in total. The zero-order chi connectivity index (χ0) is 32.6. The van der Waals surface area contributed by atoms with Crippen molar-refractivity contribution in [3.8, 4) is 0 Å². The molecule has 0 rings (SSSR count). The quantitative estimate of drug-likeness (QED) is 0.0536. The smallest absolute Gasteiger partial charge is 0.0238 e. The van der Waals surface area contributed by atoms with Crippen molar-refractivity contribution in [1.29, 1.82) is 0 Å². The van der Waals surface area contributed by atoms with Crippen molar-refractivity contribution in [2.75, 3.05) is 26.2 Å². The summed E-state index contributed by atoms with van der Waals surface area (Å²) in [6, 6.07) is 0. The van der Waals surface area contributed by atoms with Crippen molar-refractivity contribution >= 4 is 0 Å². The number of nitrogens with zero attached hydrogens (tertiary/aromatic N) is 2. The summed E-state index contributed by atoms with van der Waals surface area (Å²) < 4.78 is 0. The molecule has 0 bridgehead atoms. The molecular weight excluding hydrogens is 540 g/mol. The van der Waals surface area contributed by atoms with E-state index in [2.05, 4.69) is 27.7 Å². The summed E-state index contributed by atoms with van der Waals surface area (Å²) in [4.78, 5) is 0. The summed E-state index contributed by atoms with van der Waals surface area (Å²) in [5.41, 5.74) is 0. The van der Waals surface area contributed by atoms with E-state index in [1.165, 1.54) is 185 Å². The van der Waals surface area contributed by atoms with E-state index in [4.69, 9.17) is 0 Å². The van der Waals surface area contributed by atoms with Crippen molar-refractivity contribution < 1.29 is 10.4 Å². The molecule has 0 fully saturated rings. The van der Waals surface area contributed by atoms with Gasteiger partial charge in [-0.15, -0.1) is 0 Å². The van der Waals surface area contributed by atoms with Crippen LogP contribution in [-0.2, 0) is 0 Å². The Balaban J connectivity index is 0. The molecule has 0 aliphatic carbocycles. The number of rotatable bonds is 36. The number of hydroxylamine groups is 4. The second-order valence-electron chi connectivity index (χ2n) is 13.8. The summed E-state index contributed by atoms with van der Waals surface area (Å²) in [6.07, 6.45) is 42.8. The highest BCUT2D eigenvalue weighted by Gasteiger charge is 2.02. The fraction of sp³-hybridized carbons (Fsp3) is 1.00. The van der Waals surface area contributed by atoms with Crippen LogP contribution in [0.2, 0.25) is 0 Å². The van der Waals surface area contributed by atoms with Crippen LogP contribution < -0.4 is 0 Å². The molecule has 4 heteroatoms. The van der Waals surface area contributed by atoms with E-state index in [1.54, 1.807) is 5.06 Å². The normalized spacial score (nSPS) is 11.5. The summed E-state index contributed by atoms with van der Waals surface area (Å²) in [7, 11) is 0. The van der Waals surface area contributed by atoms with Crippen LogP contribution in [0.15, 0.2) is 0 Å². The van der Waals surface area contributed by atoms with Crippen molar-refractivity contribution in [3.63, 3.8) is 0 Å². The molecule has 0 saturated carbocycles. The number of hydrogen-bond acceptors (Lipinski definition) is 4. The predicted octanol–water partition coefficient (Wildman–Crippen LogP) is 13.9. The lowest BCUT2D eigenvalue weighted by Gasteiger charge is -2.14. The zero-order valence-corrected chi connectivity index (χ0v) is 31.2. The largest absolute Gasteiger partial charge is 0.314 e. The van der Waals surface area contributed by atoms with Gasteiger partial charge in [0.25, 0.3) is 0 Å². The number of hydrogen-bond donors (Lipinski definition) is 2. The number of unbranched alkanes of at least 4 members (excludes halogenated alkanes) is 28. The SMILES string of the molecule is CCCCCCCCCCCCN(O)CCCCCCCCCCCC.CCCCCCCCN(O)CCCCCCCC. The third-order valence-electron chi connectivity index (χ3n) is 9.08. The maximum absolute atomic E-state index is 9.93. The Kier molecular flexibility index (Phi) is 44.7. The first-order valence-electron chi connectivity index (χ1n) is 20.5. The highest BCUT2D eigenvalue weighted by Crippen LogP contribution is 2.13. The molecule has 0 unspecified atom stereocenters.